The van der Waals surface area contributed by atoms with Gasteiger partial charge in [0.1, 0.15) is 12.0 Å². The Labute approximate surface area is 144 Å². The third-order valence-electron chi connectivity index (χ3n) is 4.75. The van der Waals surface area contributed by atoms with Crippen LogP contribution in [-0.2, 0) is 9.53 Å². The third kappa shape index (κ3) is 4.86. The molecule has 2 atom stereocenters. The van der Waals surface area contributed by atoms with E-state index < -0.39 is 5.60 Å². The van der Waals surface area contributed by atoms with Gasteiger partial charge in [-0.3, -0.25) is 4.79 Å². The lowest BCUT2D eigenvalue weighted by Crippen LogP contribution is -2.53. The minimum atomic E-state index is -0.496. The first-order valence-electron chi connectivity index (χ1n) is 8.96. The number of nitriles is 1. The van der Waals surface area contributed by atoms with Crippen LogP contribution in [0.25, 0.3) is 0 Å². The number of amides is 2. The Morgan fingerprint density at radius 3 is 2.58 bits per heavy atom. The molecule has 6 nitrogen and oxygen atoms in total. The molecule has 2 fully saturated rings. The van der Waals surface area contributed by atoms with Gasteiger partial charge in [0.05, 0.1) is 6.07 Å². The summed E-state index contributed by atoms with van der Waals surface area (Å²) < 4.78 is 5.49. The number of carbonyl (C=O) groups is 2. The second-order valence-corrected chi connectivity index (χ2v) is 7.81. The maximum absolute atomic E-state index is 12.3. The van der Waals surface area contributed by atoms with E-state index in [-0.39, 0.29) is 30.4 Å². The lowest BCUT2D eigenvalue weighted by molar-refractivity contribution is -0.135. The van der Waals surface area contributed by atoms with Crippen LogP contribution in [-0.4, -0.2) is 53.1 Å². The van der Waals surface area contributed by atoms with Crippen LogP contribution in [0.4, 0.5) is 4.79 Å². The molecule has 0 unspecified atom stereocenters. The number of piperidine rings is 2. The highest BCUT2D eigenvalue weighted by atomic mass is 16.6. The molecular formula is C18H29N3O3. The molecule has 6 heteroatoms. The van der Waals surface area contributed by atoms with Crippen LogP contribution < -0.4 is 0 Å². The summed E-state index contributed by atoms with van der Waals surface area (Å²) in [6, 6.07) is 2.11. The largest absolute Gasteiger partial charge is 0.444 e. The van der Waals surface area contributed by atoms with Gasteiger partial charge < -0.3 is 14.5 Å². The SMILES string of the molecule is CC(C)(C)OC(=O)N1CCC[C@@H]([C@H]2CCCCN2C(=O)CC#N)C1. The van der Waals surface area contributed by atoms with Crippen molar-refractivity contribution in [3.05, 3.63) is 0 Å². The van der Waals surface area contributed by atoms with Crippen molar-refractivity contribution in [2.24, 2.45) is 5.92 Å². The van der Waals surface area contributed by atoms with Crippen LogP contribution in [0.2, 0.25) is 0 Å². The molecule has 0 aliphatic carbocycles. The van der Waals surface area contributed by atoms with Gasteiger partial charge in [-0.2, -0.15) is 5.26 Å². The molecule has 2 amide bonds. The van der Waals surface area contributed by atoms with Crippen LogP contribution in [0.3, 0.4) is 0 Å². The van der Waals surface area contributed by atoms with Crippen molar-refractivity contribution in [2.75, 3.05) is 19.6 Å². The van der Waals surface area contributed by atoms with Crippen molar-refractivity contribution in [3.63, 3.8) is 0 Å². The van der Waals surface area contributed by atoms with Crippen LogP contribution in [0.5, 0.6) is 0 Å². The number of hydrogen-bond donors (Lipinski definition) is 0. The smallest absolute Gasteiger partial charge is 0.410 e. The van der Waals surface area contributed by atoms with E-state index in [1.54, 1.807) is 4.90 Å². The molecule has 2 aliphatic heterocycles. The molecule has 134 valence electrons. The summed E-state index contributed by atoms with van der Waals surface area (Å²) in [4.78, 5) is 28.3. The van der Waals surface area contributed by atoms with E-state index >= 15 is 0 Å². The van der Waals surface area contributed by atoms with Crippen LogP contribution in [0.15, 0.2) is 0 Å². The monoisotopic (exact) mass is 335 g/mol. The highest BCUT2D eigenvalue weighted by Gasteiger charge is 2.37. The van der Waals surface area contributed by atoms with E-state index in [0.717, 1.165) is 38.6 Å². The van der Waals surface area contributed by atoms with Gasteiger partial charge in [-0.25, -0.2) is 4.79 Å². The first-order chi connectivity index (χ1) is 11.3. The predicted octanol–water partition coefficient (Wildman–Crippen LogP) is 2.93. The summed E-state index contributed by atoms with van der Waals surface area (Å²) in [5.41, 5.74) is -0.496. The molecule has 0 aromatic carbocycles. The molecule has 0 spiro atoms. The maximum atomic E-state index is 12.3. The van der Waals surface area contributed by atoms with E-state index in [1.165, 1.54) is 0 Å². The molecule has 0 N–H and O–H groups in total. The minimum Gasteiger partial charge on any atom is -0.444 e. The normalized spacial score (nSPS) is 25.1. The third-order valence-corrected chi connectivity index (χ3v) is 4.75. The lowest BCUT2D eigenvalue weighted by atomic mass is 9.84. The Morgan fingerprint density at radius 1 is 1.17 bits per heavy atom. The molecule has 2 aliphatic rings. The van der Waals surface area contributed by atoms with Gasteiger partial charge in [0, 0.05) is 25.7 Å². The van der Waals surface area contributed by atoms with Crippen molar-refractivity contribution in [2.45, 2.75) is 70.9 Å². The summed E-state index contributed by atoms with van der Waals surface area (Å²) in [5, 5.41) is 8.82. The molecule has 0 aromatic heterocycles. The first kappa shape index (κ1) is 18.6. The van der Waals surface area contributed by atoms with Crippen molar-refractivity contribution >= 4 is 12.0 Å². The fraction of sp³-hybridized carbons (Fsp3) is 0.833. The fourth-order valence-corrected chi connectivity index (χ4v) is 3.74. The molecule has 2 rings (SSSR count). The van der Waals surface area contributed by atoms with E-state index in [1.807, 2.05) is 31.7 Å². The zero-order valence-corrected chi connectivity index (χ0v) is 15.1. The van der Waals surface area contributed by atoms with Crippen molar-refractivity contribution in [3.8, 4) is 6.07 Å². The molecule has 2 saturated heterocycles. The topological polar surface area (TPSA) is 73.6 Å². The summed E-state index contributed by atoms with van der Waals surface area (Å²) in [6.45, 7) is 7.69. The Kier molecular flexibility index (Phi) is 6.09. The Morgan fingerprint density at radius 2 is 1.92 bits per heavy atom. The quantitative estimate of drug-likeness (QED) is 0.777. The summed E-state index contributed by atoms with van der Waals surface area (Å²) in [5.74, 6) is 0.200. The Balaban J connectivity index is 2.03. The highest BCUT2D eigenvalue weighted by Crippen LogP contribution is 2.30. The standard InChI is InChI=1S/C18H29N3O3/c1-18(2,3)24-17(23)20-11-6-7-14(13-20)15-8-4-5-12-21(15)16(22)9-10-19/h14-15H,4-9,11-13H2,1-3H3/t14-,15-/m1/s1. The molecule has 0 bridgehead atoms. The number of carbonyl (C=O) groups excluding carboxylic acids is 2. The number of rotatable bonds is 2. The van der Waals surface area contributed by atoms with E-state index in [2.05, 4.69) is 0 Å². The van der Waals surface area contributed by atoms with Gasteiger partial charge in [-0.15, -0.1) is 0 Å². The summed E-state index contributed by atoms with van der Waals surface area (Å²) in [7, 11) is 0. The molecular weight excluding hydrogens is 306 g/mol. The molecule has 0 radical (unpaired) electrons. The average Bonchev–Trinajstić information content (AvgIpc) is 2.53. The van der Waals surface area contributed by atoms with Crippen LogP contribution in [0.1, 0.15) is 59.3 Å². The van der Waals surface area contributed by atoms with Gasteiger partial charge in [0.2, 0.25) is 5.91 Å². The molecule has 2 heterocycles. The fourth-order valence-electron chi connectivity index (χ4n) is 3.74. The first-order valence-corrected chi connectivity index (χ1v) is 8.96. The molecule has 0 saturated carbocycles. The zero-order valence-electron chi connectivity index (χ0n) is 15.1. The molecule has 0 aromatic rings. The van der Waals surface area contributed by atoms with Gasteiger partial charge in [-0.05, 0) is 58.8 Å². The van der Waals surface area contributed by atoms with Crippen molar-refractivity contribution in [1.82, 2.24) is 9.80 Å². The van der Waals surface area contributed by atoms with Gasteiger partial charge >= 0.3 is 6.09 Å². The predicted molar refractivity (Wildman–Crippen MR) is 90.1 cm³/mol. The average molecular weight is 335 g/mol. The highest BCUT2D eigenvalue weighted by molar-refractivity contribution is 5.78. The number of ether oxygens (including phenoxy) is 1. The zero-order chi connectivity index (χ0) is 17.7. The second kappa shape index (κ2) is 7.87. The number of nitrogens with zero attached hydrogens (tertiary/aromatic N) is 3. The summed E-state index contributed by atoms with van der Waals surface area (Å²) >= 11 is 0. The summed E-state index contributed by atoms with van der Waals surface area (Å²) in [6.07, 6.45) is 4.68. The van der Waals surface area contributed by atoms with Crippen molar-refractivity contribution < 1.29 is 14.3 Å². The second-order valence-electron chi connectivity index (χ2n) is 7.81. The van der Waals surface area contributed by atoms with Crippen LogP contribution >= 0.6 is 0 Å². The minimum absolute atomic E-state index is 0.0565. The van der Waals surface area contributed by atoms with Crippen LogP contribution in [0, 0.1) is 17.2 Å². The van der Waals surface area contributed by atoms with Gasteiger partial charge in [0.25, 0.3) is 0 Å². The number of likely N-dealkylation sites (tertiary alicyclic amines) is 2. The van der Waals surface area contributed by atoms with E-state index in [9.17, 15) is 9.59 Å². The van der Waals surface area contributed by atoms with Gasteiger partial charge in [0.15, 0.2) is 0 Å². The Bertz CT molecular complexity index is 507. The lowest BCUT2D eigenvalue weighted by Gasteiger charge is -2.44. The Hall–Kier alpha value is -1.77. The van der Waals surface area contributed by atoms with Crippen molar-refractivity contribution in [1.29, 1.82) is 5.26 Å². The van der Waals surface area contributed by atoms with E-state index in [0.29, 0.717) is 13.1 Å². The maximum Gasteiger partial charge on any atom is 0.410 e. The molecule has 24 heavy (non-hydrogen) atoms. The number of hydrogen-bond acceptors (Lipinski definition) is 4. The van der Waals surface area contributed by atoms with Gasteiger partial charge in [-0.1, -0.05) is 0 Å². The van der Waals surface area contributed by atoms with E-state index in [4.69, 9.17) is 10.00 Å².